The van der Waals surface area contributed by atoms with Crippen LogP contribution in [-0.4, -0.2) is 22.1 Å². The van der Waals surface area contributed by atoms with E-state index in [1.165, 1.54) is 21.3 Å². The highest BCUT2D eigenvalue weighted by atomic mass is 16.2. The highest BCUT2D eigenvalue weighted by molar-refractivity contribution is 5.76. The van der Waals surface area contributed by atoms with Gasteiger partial charge in [-0.05, 0) is 30.5 Å². The standard InChI is InChI=1S/C17H21N3O/c1-5-9-18-17(21)20-10-16(19-11-20)14(4)15-8-6-7-12(2)13(15)3/h5-8,10-11,14H,1,9H2,2-4H3,(H,18,21). The summed E-state index contributed by atoms with van der Waals surface area (Å²) in [4.78, 5) is 16.2. The van der Waals surface area contributed by atoms with Gasteiger partial charge in [0.25, 0.3) is 0 Å². The van der Waals surface area contributed by atoms with E-state index in [9.17, 15) is 4.79 Å². The molecule has 0 aliphatic rings. The largest absolute Gasteiger partial charge is 0.334 e. The summed E-state index contributed by atoms with van der Waals surface area (Å²) in [5.74, 6) is 0.151. The Hall–Kier alpha value is -2.36. The van der Waals surface area contributed by atoms with E-state index < -0.39 is 0 Å². The van der Waals surface area contributed by atoms with Gasteiger partial charge < -0.3 is 5.32 Å². The van der Waals surface area contributed by atoms with Gasteiger partial charge in [0, 0.05) is 18.7 Å². The molecule has 0 saturated carbocycles. The molecule has 1 heterocycles. The summed E-state index contributed by atoms with van der Waals surface area (Å²) in [6.07, 6.45) is 4.98. The van der Waals surface area contributed by atoms with Gasteiger partial charge in [0.1, 0.15) is 6.33 Å². The minimum Gasteiger partial charge on any atom is -0.334 e. The van der Waals surface area contributed by atoms with Crippen LogP contribution in [0.1, 0.15) is 35.2 Å². The van der Waals surface area contributed by atoms with E-state index >= 15 is 0 Å². The van der Waals surface area contributed by atoms with Gasteiger partial charge in [0.15, 0.2) is 0 Å². The van der Waals surface area contributed by atoms with Crippen LogP contribution in [0, 0.1) is 13.8 Å². The number of hydrogen-bond donors (Lipinski definition) is 1. The van der Waals surface area contributed by atoms with E-state index in [2.05, 4.69) is 55.9 Å². The molecule has 110 valence electrons. The van der Waals surface area contributed by atoms with Crippen molar-refractivity contribution < 1.29 is 4.79 Å². The summed E-state index contributed by atoms with van der Waals surface area (Å²) in [7, 11) is 0. The van der Waals surface area contributed by atoms with E-state index in [1.54, 1.807) is 18.6 Å². The maximum Gasteiger partial charge on any atom is 0.327 e. The van der Waals surface area contributed by atoms with Crippen LogP contribution in [0.3, 0.4) is 0 Å². The molecule has 2 aromatic rings. The lowest BCUT2D eigenvalue weighted by Gasteiger charge is -2.14. The molecule has 21 heavy (non-hydrogen) atoms. The zero-order valence-corrected chi connectivity index (χ0v) is 12.8. The van der Waals surface area contributed by atoms with Crippen molar-refractivity contribution in [1.29, 1.82) is 0 Å². The maximum atomic E-state index is 11.9. The second-order valence-corrected chi connectivity index (χ2v) is 5.19. The summed E-state index contributed by atoms with van der Waals surface area (Å²) in [5, 5.41) is 2.73. The number of carbonyl (C=O) groups excluding carboxylic acids is 1. The first kappa shape index (κ1) is 15.0. The topological polar surface area (TPSA) is 46.9 Å². The summed E-state index contributed by atoms with van der Waals surface area (Å²) in [6.45, 7) is 10.4. The zero-order chi connectivity index (χ0) is 15.4. The van der Waals surface area contributed by atoms with Crippen molar-refractivity contribution in [3.63, 3.8) is 0 Å². The van der Waals surface area contributed by atoms with Crippen LogP contribution in [0.4, 0.5) is 4.79 Å². The molecule has 0 aliphatic carbocycles. The first-order chi connectivity index (χ1) is 10.0. The predicted octanol–water partition coefficient (Wildman–Crippen LogP) is 3.40. The van der Waals surface area contributed by atoms with Crippen molar-refractivity contribution in [2.45, 2.75) is 26.7 Å². The lowest BCUT2D eigenvalue weighted by Crippen LogP contribution is -2.27. The number of amides is 1. The molecule has 0 bridgehead atoms. The lowest BCUT2D eigenvalue weighted by atomic mass is 9.92. The van der Waals surface area contributed by atoms with Crippen molar-refractivity contribution >= 4 is 6.03 Å². The van der Waals surface area contributed by atoms with E-state index in [0.717, 1.165) is 5.69 Å². The highest BCUT2D eigenvalue weighted by Gasteiger charge is 2.15. The van der Waals surface area contributed by atoms with Crippen molar-refractivity contribution in [3.05, 3.63) is 65.8 Å². The Labute approximate surface area is 125 Å². The molecule has 1 N–H and O–H groups in total. The molecule has 4 nitrogen and oxygen atoms in total. The van der Waals surface area contributed by atoms with E-state index in [-0.39, 0.29) is 11.9 Å². The molecule has 0 saturated heterocycles. The van der Waals surface area contributed by atoms with Crippen molar-refractivity contribution in [1.82, 2.24) is 14.9 Å². The Morgan fingerprint density at radius 3 is 2.95 bits per heavy atom. The van der Waals surface area contributed by atoms with Crippen molar-refractivity contribution in [2.75, 3.05) is 6.54 Å². The maximum absolute atomic E-state index is 11.9. The molecule has 0 fully saturated rings. The molecule has 0 spiro atoms. The van der Waals surface area contributed by atoms with Crippen LogP contribution in [0.2, 0.25) is 0 Å². The number of hydrogen-bond acceptors (Lipinski definition) is 2. The minimum absolute atomic E-state index is 0.151. The predicted molar refractivity (Wildman–Crippen MR) is 84.7 cm³/mol. The fraction of sp³-hybridized carbons (Fsp3) is 0.294. The summed E-state index contributed by atoms with van der Waals surface area (Å²) in [6, 6.07) is 6.08. The molecular weight excluding hydrogens is 262 g/mol. The Balaban J connectivity index is 2.22. The van der Waals surface area contributed by atoms with Crippen LogP contribution in [-0.2, 0) is 0 Å². The average molecular weight is 283 g/mol. The third-order valence-corrected chi connectivity index (χ3v) is 3.79. The van der Waals surface area contributed by atoms with Gasteiger partial charge in [-0.25, -0.2) is 9.78 Å². The number of aromatic nitrogens is 2. The van der Waals surface area contributed by atoms with Crippen LogP contribution in [0.25, 0.3) is 0 Å². The average Bonchev–Trinajstić information content (AvgIpc) is 2.97. The molecule has 1 unspecified atom stereocenters. The van der Waals surface area contributed by atoms with Crippen LogP contribution in [0.15, 0.2) is 43.4 Å². The minimum atomic E-state index is -0.193. The number of carbonyl (C=O) groups is 1. The quantitative estimate of drug-likeness (QED) is 0.874. The molecule has 1 aromatic carbocycles. The monoisotopic (exact) mass is 283 g/mol. The number of nitrogens with one attached hydrogen (secondary N) is 1. The van der Waals surface area contributed by atoms with Crippen LogP contribution in [0.5, 0.6) is 0 Å². The van der Waals surface area contributed by atoms with Gasteiger partial charge in [-0.2, -0.15) is 0 Å². The number of nitrogens with zero attached hydrogens (tertiary/aromatic N) is 2. The number of aryl methyl sites for hydroxylation is 1. The first-order valence-electron chi connectivity index (χ1n) is 7.03. The molecule has 1 atom stereocenters. The molecule has 0 radical (unpaired) electrons. The Kier molecular flexibility index (Phi) is 4.58. The van der Waals surface area contributed by atoms with Gasteiger partial charge in [-0.3, -0.25) is 4.57 Å². The van der Waals surface area contributed by atoms with Crippen molar-refractivity contribution in [2.24, 2.45) is 0 Å². The van der Waals surface area contributed by atoms with E-state index in [1.807, 2.05) is 0 Å². The second-order valence-electron chi connectivity index (χ2n) is 5.19. The fourth-order valence-electron chi connectivity index (χ4n) is 2.33. The molecular formula is C17H21N3O. The zero-order valence-electron chi connectivity index (χ0n) is 12.8. The third kappa shape index (κ3) is 3.21. The molecule has 0 aliphatic heterocycles. The van der Waals surface area contributed by atoms with Gasteiger partial charge in [-0.1, -0.05) is 31.2 Å². The molecule has 2 rings (SSSR count). The number of rotatable bonds is 4. The number of imidazole rings is 1. The van der Waals surface area contributed by atoms with Crippen LogP contribution >= 0.6 is 0 Å². The Morgan fingerprint density at radius 1 is 1.48 bits per heavy atom. The van der Waals surface area contributed by atoms with E-state index in [4.69, 9.17) is 0 Å². The normalized spacial score (nSPS) is 12.0. The smallest absolute Gasteiger partial charge is 0.327 e. The third-order valence-electron chi connectivity index (χ3n) is 3.79. The Bertz CT molecular complexity index is 658. The fourth-order valence-corrected chi connectivity index (χ4v) is 2.33. The SMILES string of the molecule is C=CCNC(=O)n1cnc(C(C)c2cccc(C)c2C)c1. The van der Waals surface area contributed by atoms with Crippen LogP contribution < -0.4 is 5.32 Å². The van der Waals surface area contributed by atoms with Gasteiger partial charge in [0.2, 0.25) is 0 Å². The highest BCUT2D eigenvalue weighted by Crippen LogP contribution is 2.26. The molecule has 4 heteroatoms. The second kappa shape index (κ2) is 6.39. The van der Waals surface area contributed by atoms with Gasteiger partial charge >= 0.3 is 6.03 Å². The summed E-state index contributed by atoms with van der Waals surface area (Å²) < 4.78 is 1.47. The molecule has 1 amide bonds. The van der Waals surface area contributed by atoms with Gasteiger partial charge in [0.05, 0.1) is 5.69 Å². The first-order valence-corrected chi connectivity index (χ1v) is 7.03. The lowest BCUT2D eigenvalue weighted by molar-refractivity contribution is 0.243. The Morgan fingerprint density at radius 2 is 2.24 bits per heavy atom. The molecule has 1 aromatic heterocycles. The van der Waals surface area contributed by atoms with E-state index in [0.29, 0.717) is 6.54 Å². The number of benzene rings is 1. The van der Waals surface area contributed by atoms with Gasteiger partial charge in [-0.15, -0.1) is 6.58 Å². The summed E-state index contributed by atoms with van der Waals surface area (Å²) >= 11 is 0. The van der Waals surface area contributed by atoms with Crippen molar-refractivity contribution in [3.8, 4) is 0 Å². The summed E-state index contributed by atoms with van der Waals surface area (Å²) in [5.41, 5.74) is 4.67.